The van der Waals surface area contributed by atoms with E-state index in [0.717, 1.165) is 0 Å². The molecule has 0 amide bonds. The fourth-order valence-corrected chi connectivity index (χ4v) is 1.17. The molecular formula is C10H14N2O3. The minimum absolute atomic E-state index is 0.0589. The molecule has 0 bridgehead atoms. The fourth-order valence-electron chi connectivity index (χ4n) is 1.17. The molecule has 1 aromatic rings. The van der Waals surface area contributed by atoms with E-state index in [9.17, 15) is 4.79 Å². The minimum atomic E-state index is -0.714. The lowest BCUT2D eigenvalue weighted by molar-refractivity contribution is -0.144. The summed E-state index contributed by atoms with van der Waals surface area (Å²) in [5, 5.41) is 9.15. The highest BCUT2D eigenvalue weighted by Gasteiger charge is 2.15. The van der Waals surface area contributed by atoms with Crippen LogP contribution in [0.25, 0.3) is 0 Å². The van der Waals surface area contributed by atoms with Crippen LogP contribution in [-0.4, -0.2) is 28.7 Å². The van der Waals surface area contributed by atoms with E-state index < -0.39 is 12.0 Å². The zero-order valence-electron chi connectivity index (χ0n) is 8.51. The van der Waals surface area contributed by atoms with Crippen molar-refractivity contribution in [3.8, 4) is 5.75 Å². The Bertz CT molecular complexity index is 341. The summed E-state index contributed by atoms with van der Waals surface area (Å²) in [5.74, 6) is -0.385. The van der Waals surface area contributed by atoms with E-state index in [0.29, 0.717) is 18.6 Å². The number of carbonyl (C=O) groups excluding carboxylic acids is 1. The van der Waals surface area contributed by atoms with Gasteiger partial charge in [0.2, 0.25) is 0 Å². The van der Waals surface area contributed by atoms with Gasteiger partial charge in [-0.2, -0.15) is 0 Å². The number of carbonyl (C=O) groups is 1. The molecule has 0 spiro atoms. The van der Waals surface area contributed by atoms with Crippen LogP contribution in [0.2, 0.25) is 0 Å². The average molecular weight is 210 g/mol. The van der Waals surface area contributed by atoms with Crippen molar-refractivity contribution < 1.29 is 14.6 Å². The Morgan fingerprint density at radius 2 is 2.40 bits per heavy atom. The third-order valence-electron chi connectivity index (χ3n) is 1.83. The molecule has 1 rings (SSSR count). The summed E-state index contributed by atoms with van der Waals surface area (Å²) in [6.45, 7) is 2.03. The highest BCUT2D eigenvalue weighted by Crippen LogP contribution is 2.10. The Hall–Kier alpha value is -1.62. The standard InChI is InChI=1S/C10H14N2O3/c1-2-15-10(14)9(11)4-7-3-8(13)6-12-5-7/h3,5-6,9,13H,2,4,11H2,1H3. The molecule has 0 aliphatic rings. The molecule has 5 nitrogen and oxygen atoms in total. The Morgan fingerprint density at radius 3 is 3.00 bits per heavy atom. The maximum atomic E-state index is 11.2. The SMILES string of the molecule is CCOC(=O)C(N)Cc1cncc(O)c1. The number of aromatic nitrogens is 1. The smallest absolute Gasteiger partial charge is 0.323 e. The lowest BCUT2D eigenvalue weighted by Gasteiger charge is -2.10. The molecule has 0 fully saturated rings. The number of hydrogen-bond acceptors (Lipinski definition) is 5. The van der Waals surface area contributed by atoms with E-state index >= 15 is 0 Å². The maximum absolute atomic E-state index is 11.2. The maximum Gasteiger partial charge on any atom is 0.323 e. The molecule has 0 radical (unpaired) electrons. The summed E-state index contributed by atoms with van der Waals surface area (Å²) in [5.41, 5.74) is 6.31. The van der Waals surface area contributed by atoms with Gasteiger partial charge in [0.25, 0.3) is 0 Å². The van der Waals surface area contributed by atoms with Gasteiger partial charge in [-0.3, -0.25) is 9.78 Å². The third-order valence-corrected chi connectivity index (χ3v) is 1.83. The van der Waals surface area contributed by atoms with Crippen molar-refractivity contribution in [3.63, 3.8) is 0 Å². The summed E-state index contributed by atoms with van der Waals surface area (Å²) in [4.78, 5) is 15.0. The predicted molar refractivity (Wildman–Crippen MR) is 54.2 cm³/mol. The summed E-state index contributed by atoms with van der Waals surface area (Å²) >= 11 is 0. The average Bonchev–Trinajstić information content (AvgIpc) is 2.18. The predicted octanol–water partition coefficient (Wildman–Crippen LogP) is 0.220. The van der Waals surface area contributed by atoms with Gasteiger partial charge in [0.05, 0.1) is 12.8 Å². The normalized spacial score (nSPS) is 12.1. The molecule has 1 heterocycles. The van der Waals surface area contributed by atoms with Gasteiger partial charge in [0.15, 0.2) is 0 Å². The van der Waals surface area contributed by atoms with Crippen molar-refractivity contribution in [2.75, 3.05) is 6.61 Å². The highest BCUT2D eigenvalue weighted by molar-refractivity contribution is 5.75. The van der Waals surface area contributed by atoms with Gasteiger partial charge in [-0.15, -0.1) is 0 Å². The van der Waals surface area contributed by atoms with Crippen molar-refractivity contribution in [1.82, 2.24) is 4.98 Å². The molecule has 1 atom stereocenters. The van der Waals surface area contributed by atoms with Crippen molar-refractivity contribution in [1.29, 1.82) is 0 Å². The van der Waals surface area contributed by atoms with Gasteiger partial charge in [0.1, 0.15) is 11.8 Å². The first kappa shape index (κ1) is 11.5. The molecule has 15 heavy (non-hydrogen) atoms. The van der Waals surface area contributed by atoms with Crippen molar-refractivity contribution in [2.45, 2.75) is 19.4 Å². The topological polar surface area (TPSA) is 85.4 Å². The Morgan fingerprint density at radius 1 is 1.67 bits per heavy atom. The van der Waals surface area contributed by atoms with E-state index in [-0.39, 0.29) is 5.75 Å². The molecule has 0 saturated heterocycles. The largest absolute Gasteiger partial charge is 0.506 e. The molecule has 0 aromatic carbocycles. The number of ether oxygens (including phenoxy) is 1. The summed E-state index contributed by atoms with van der Waals surface area (Å²) < 4.78 is 4.76. The van der Waals surface area contributed by atoms with Crippen LogP contribution >= 0.6 is 0 Å². The second-order valence-electron chi connectivity index (χ2n) is 3.11. The summed E-state index contributed by atoms with van der Waals surface area (Å²) in [7, 11) is 0. The minimum Gasteiger partial charge on any atom is -0.506 e. The van der Waals surface area contributed by atoms with Crippen LogP contribution in [0.3, 0.4) is 0 Å². The highest BCUT2D eigenvalue weighted by atomic mass is 16.5. The number of hydrogen-bond donors (Lipinski definition) is 2. The summed E-state index contributed by atoms with van der Waals surface area (Å²) in [6, 6.07) is 0.806. The van der Waals surface area contributed by atoms with Crippen LogP contribution in [-0.2, 0) is 16.0 Å². The van der Waals surface area contributed by atoms with Crippen LogP contribution in [0.4, 0.5) is 0 Å². The molecule has 1 aromatic heterocycles. The van der Waals surface area contributed by atoms with E-state index in [1.807, 2.05) is 0 Å². The number of nitrogens with two attached hydrogens (primary N) is 1. The molecular weight excluding hydrogens is 196 g/mol. The van der Waals surface area contributed by atoms with Gasteiger partial charge in [-0.05, 0) is 25.0 Å². The lowest BCUT2D eigenvalue weighted by atomic mass is 10.1. The van der Waals surface area contributed by atoms with Crippen molar-refractivity contribution >= 4 is 5.97 Å². The van der Waals surface area contributed by atoms with E-state index in [1.165, 1.54) is 12.3 Å². The molecule has 5 heteroatoms. The number of rotatable bonds is 4. The third kappa shape index (κ3) is 3.55. The number of aromatic hydroxyl groups is 1. The molecule has 0 aliphatic carbocycles. The van der Waals surface area contributed by atoms with Gasteiger partial charge >= 0.3 is 5.97 Å². The van der Waals surface area contributed by atoms with Crippen LogP contribution in [0.15, 0.2) is 18.5 Å². The molecule has 1 unspecified atom stereocenters. The first-order chi connectivity index (χ1) is 7.13. The zero-order valence-corrected chi connectivity index (χ0v) is 8.51. The van der Waals surface area contributed by atoms with Gasteiger partial charge in [-0.1, -0.05) is 0 Å². The zero-order chi connectivity index (χ0) is 11.3. The second kappa shape index (κ2) is 5.31. The monoisotopic (exact) mass is 210 g/mol. The van der Waals surface area contributed by atoms with Crippen LogP contribution in [0.5, 0.6) is 5.75 Å². The van der Waals surface area contributed by atoms with Crippen molar-refractivity contribution in [3.05, 3.63) is 24.0 Å². The van der Waals surface area contributed by atoms with Gasteiger partial charge < -0.3 is 15.6 Å². The molecule has 0 saturated carbocycles. The molecule has 3 N–H and O–H groups in total. The Balaban J connectivity index is 2.58. The van der Waals surface area contributed by atoms with E-state index in [2.05, 4.69) is 4.98 Å². The fraction of sp³-hybridized carbons (Fsp3) is 0.400. The van der Waals surface area contributed by atoms with E-state index in [1.54, 1.807) is 13.1 Å². The number of pyridine rings is 1. The van der Waals surface area contributed by atoms with Gasteiger partial charge in [-0.25, -0.2) is 0 Å². The second-order valence-corrected chi connectivity index (χ2v) is 3.11. The number of nitrogens with zero attached hydrogens (tertiary/aromatic N) is 1. The van der Waals surface area contributed by atoms with Crippen LogP contribution < -0.4 is 5.73 Å². The van der Waals surface area contributed by atoms with Crippen molar-refractivity contribution in [2.24, 2.45) is 5.73 Å². The van der Waals surface area contributed by atoms with Crippen LogP contribution in [0, 0.1) is 0 Å². The lowest BCUT2D eigenvalue weighted by Crippen LogP contribution is -2.34. The first-order valence-corrected chi connectivity index (χ1v) is 4.68. The summed E-state index contributed by atoms with van der Waals surface area (Å²) in [6.07, 6.45) is 3.18. The molecule has 82 valence electrons. The quantitative estimate of drug-likeness (QED) is 0.694. The Kier molecular flexibility index (Phi) is 4.05. The molecule has 0 aliphatic heterocycles. The van der Waals surface area contributed by atoms with Crippen LogP contribution in [0.1, 0.15) is 12.5 Å². The Labute approximate surface area is 87.9 Å². The van der Waals surface area contributed by atoms with E-state index in [4.69, 9.17) is 15.6 Å². The van der Waals surface area contributed by atoms with Gasteiger partial charge in [0, 0.05) is 6.20 Å². The first-order valence-electron chi connectivity index (χ1n) is 4.68. The number of esters is 1.